The average molecular weight is 571 g/mol. The monoisotopic (exact) mass is 569 g/mol. The minimum atomic E-state index is -0.550. The first-order valence-corrected chi connectivity index (χ1v) is 11.8. The third kappa shape index (κ3) is 4.60. The number of rotatable bonds is 4. The zero-order chi connectivity index (χ0) is 24.7. The van der Waals surface area contributed by atoms with E-state index in [1.807, 2.05) is 18.2 Å². The summed E-state index contributed by atoms with van der Waals surface area (Å²) in [5, 5.41) is 5.87. The second kappa shape index (κ2) is 9.30. The largest absolute Gasteiger partial charge is 0.453 e. The SMILES string of the molecule is CC(=O)Oc1c(Cl)cc(C=Nn2c(-c3cc4cc(Br)ccc4o3)nc3ccccc3c2=O)cc1Cl. The highest BCUT2D eigenvalue weighted by Crippen LogP contribution is 2.34. The van der Waals surface area contributed by atoms with Crippen LogP contribution in [-0.4, -0.2) is 21.8 Å². The van der Waals surface area contributed by atoms with Crippen molar-refractivity contribution < 1.29 is 13.9 Å². The molecular formula is C25H14BrCl2N3O4. The Balaban J connectivity index is 1.67. The first-order valence-electron chi connectivity index (χ1n) is 10.2. The van der Waals surface area contributed by atoms with E-state index in [0.717, 1.165) is 14.5 Å². The van der Waals surface area contributed by atoms with Gasteiger partial charge in [0.05, 0.1) is 27.2 Å². The predicted octanol–water partition coefficient (Wildman–Crippen LogP) is 6.69. The van der Waals surface area contributed by atoms with Crippen LogP contribution in [0.15, 0.2) is 79.4 Å². The van der Waals surface area contributed by atoms with Gasteiger partial charge < -0.3 is 9.15 Å². The van der Waals surface area contributed by atoms with E-state index in [1.54, 1.807) is 30.3 Å². The lowest BCUT2D eigenvalue weighted by atomic mass is 10.2. The molecule has 0 saturated heterocycles. The van der Waals surface area contributed by atoms with Crippen molar-refractivity contribution in [2.24, 2.45) is 5.10 Å². The smallest absolute Gasteiger partial charge is 0.308 e. The molecule has 0 bridgehead atoms. The number of carbonyl (C=O) groups excluding carboxylic acids is 1. The standard InChI is InChI=1S/C25H14BrCl2N3O4/c1-13(32)34-23-18(27)8-14(9-19(23)28)12-29-31-24(30-20-5-3-2-4-17(20)25(31)33)22-11-15-10-16(26)6-7-21(15)35-22/h2-12H,1H3. The Labute approximate surface area is 216 Å². The van der Waals surface area contributed by atoms with Gasteiger partial charge in [-0.15, -0.1) is 0 Å². The van der Waals surface area contributed by atoms with Gasteiger partial charge >= 0.3 is 5.97 Å². The number of halogens is 3. The van der Waals surface area contributed by atoms with Crippen LogP contribution in [-0.2, 0) is 4.79 Å². The molecule has 7 nitrogen and oxygen atoms in total. The van der Waals surface area contributed by atoms with Gasteiger partial charge in [-0.2, -0.15) is 9.78 Å². The van der Waals surface area contributed by atoms with Crippen LogP contribution < -0.4 is 10.3 Å². The topological polar surface area (TPSA) is 86.7 Å². The maximum absolute atomic E-state index is 13.4. The van der Waals surface area contributed by atoms with Crippen LogP contribution in [0.5, 0.6) is 5.75 Å². The van der Waals surface area contributed by atoms with Gasteiger partial charge in [0.2, 0.25) is 5.82 Å². The summed E-state index contributed by atoms with van der Waals surface area (Å²) in [5.74, 6) is 0.105. The molecule has 0 aliphatic heterocycles. The number of para-hydroxylation sites is 1. The molecule has 0 radical (unpaired) electrons. The van der Waals surface area contributed by atoms with Crippen LogP contribution in [0.3, 0.4) is 0 Å². The molecule has 10 heteroatoms. The third-order valence-electron chi connectivity index (χ3n) is 5.04. The average Bonchev–Trinajstić information content (AvgIpc) is 3.23. The van der Waals surface area contributed by atoms with Crippen molar-refractivity contribution in [3.8, 4) is 17.3 Å². The highest BCUT2D eigenvalue weighted by atomic mass is 79.9. The molecule has 0 spiro atoms. The molecule has 0 aliphatic rings. The molecule has 2 heterocycles. The normalized spacial score (nSPS) is 11.5. The van der Waals surface area contributed by atoms with E-state index in [-0.39, 0.29) is 27.2 Å². The molecule has 0 atom stereocenters. The zero-order valence-corrected chi connectivity index (χ0v) is 21.1. The summed E-state index contributed by atoms with van der Waals surface area (Å²) >= 11 is 15.9. The van der Waals surface area contributed by atoms with Gasteiger partial charge in [0, 0.05) is 16.8 Å². The summed E-state index contributed by atoms with van der Waals surface area (Å²) in [7, 11) is 0. The van der Waals surface area contributed by atoms with Crippen molar-refractivity contribution in [3.63, 3.8) is 0 Å². The Morgan fingerprint density at radius 1 is 1.11 bits per heavy atom. The van der Waals surface area contributed by atoms with Crippen LogP contribution in [0.25, 0.3) is 33.5 Å². The summed E-state index contributed by atoms with van der Waals surface area (Å²) < 4.78 is 13.1. The van der Waals surface area contributed by atoms with E-state index >= 15 is 0 Å². The maximum Gasteiger partial charge on any atom is 0.308 e. The van der Waals surface area contributed by atoms with Crippen molar-refractivity contribution >= 4 is 73.2 Å². The van der Waals surface area contributed by atoms with Gasteiger partial charge in [-0.05, 0) is 54.1 Å². The van der Waals surface area contributed by atoms with E-state index in [0.29, 0.717) is 27.8 Å². The van der Waals surface area contributed by atoms with E-state index in [9.17, 15) is 9.59 Å². The number of furan rings is 1. The number of esters is 1. The molecule has 0 N–H and O–H groups in total. The molecule has 0 fully saturated rings. The van der Waals surface area contributed by atoms with Crippen LogP contribution >= 0.6 is 39.1 Å². The Bertz CT molecular complexity index is 1700. The molecule has 0 amide bonds. The van der Waals surface area contributed by atoms with E-state index in [1.165, 1.54) is 25.3 Å². The number of ether oxygens (including phenoxy) is 1. The van der Waals surface area contributed by atoms with E-state index in [2.05, 4.69) is 26.0 Å². The van der Waals surface area contributed by atoms with Gasteiger partial charge in [0.25, 0.3) is 5.56 Å². The van der Waals surface area contributed by atoms with Crippen LogP contribution in [0.4, 0.5) is 0 Å². The molecule has 35 heavy (non-hydrogen) atoms. The first kappa shape index (κ1) is 23.3. The number of fused-ring (bicyclic) bond motifs is 2. The molecule has 5 aromatic rings. The molecule has 5 rings (SSSR count). The lowest BCUT2D eigenvalue weighted by molar-refractivity contribution is -0.131. The van der Waals surface area contributed by atoms with Gasteiger partial charge in [-0.3, -0.25) is 9.59 Å². The third-order valence-corrected chi connectivity index (χ3v) is 6.10. The fraction of sp³-hybridized carbons (Fsp3) is 0.0400. The fourth-order valence-corrected chi connectivity index (χ4v) is 4.49. The molecule has 0 aliphatic carbocycles. The molecule has 0 saturated carbocycles. The molecule has 174 valence electrons. The highest BCUT2D eigenvalue weighted by molar-refractivity contribution is 9.10. The van der Waals surface area contributed by atoms with Gasteiger partial charge in [0.15, 0.2) is 11.5 Å². The first-order chi connectivity index (χ1) is 16.8. The lowest BCUT2D eigenvalue weighted by Crippen LogP contribution is -2.20. The molecule has 0 unspecified atom stereocenters. The molecule has 3 aromatic carbocycles. The number of carbonyl (C=O) groups is 1. The number of hydrogen-bond acceptors (Lipinski definition) is 6. The van der Waals surface area contributed by atoms with Gasteiger partial charge in [-0.1, -0.05) is 51.3 Å². The molecular weight excluding hydrogens is 557 g/mol. The summed E-state index contributed by atoms with van der Waals surface area (Å²) in [6.07, 6.45) is 1.41. The fourth-order valence-electron chi connectivity index (χ4n) is 3.53. The van der Waals surface area contributed by atoms with E-state index in [4.69, 9.17) is 32.4 Å². The minimum absolute atomic E-state index is 0.0525. The summed E-state index contributed by atoms with van der Waals surface area (Å²) in [6.45, 7) is 1.25. The Morgan fingerprint density at radius 3 is 2.60 bits per heavy atom. The van der Waals surface area contributed by atoms with Crippen molar-refractivity contribution in [3.05, 3.63) is 91.1 Å². The highest BCUT2D eigenvalue weighted by Gasteiger charge is 2.17. The summed E-state index contributed by atoms with van der Waals surface area (Å²) in [4.78, 5) is 29.3. The van der Waals surface area contributed by atoms with Crippen molar-refractivity contribution in [1.29, 1.82) is 0 Å². The number of hydrogen-bond donors (Lipinski definition) is 0. The predicted molar refractivity (Wildman–Crippen MR) is 140 cm³/mol. The quantitative estimate of drug-likeness (QED) is 0.136. The summed E-state index contributed by atoms with van der Waals surface area (Å²) in [6, 6.07) is 17.4. The second-order valence-electron chi connectivity index (χ2n) is 7.51. The Morgan fingerprint density at radius 2 is 1.86 bits per heavy atom. The van der Waals surface area contributed by atoms with Crippen LogP contribution in [0.2, 0.25) is 10.0 Å². The van der Waals surface area contributed by atoms with Crippen LogP contribution in [0, 0.1) is 0 Å². The van der Waals surface area contributed by atoms with Crippen molar-refractivity contribution in [1.82, 2.24) is 9.66 Å². The second-order valence-corrected chi connectivity index (χ2v) is 9.24. The maximum atomic E-state index is 13.4. The van der Waals surface area contributed by atoms with Crippen molar-refractivity contribution in [2.45, 2.75) is 6.92 Å². The van der Waals surface area contributed by atoms with Crippen LogP contribution in [0.1, 0.15) is 12.5 Å². The Hall–Kier alpha value is -3.46. The van der Waals surface area contributed by atoms with Crippen molar-refractivity contribution in [2.75, 3.05) is 0 Å². The van der Waals surface area contributed by atoms with Gasteiger partial charge in [0.1, 0.15) is 5.58 Å². The van der Waals surface area contributed by atoms with E-state index < -0.39 is 5.97 Å². The Kier molecular flexibility index (Phi) is 6.19. The number of aromatic nitrogens is 2. The number of benzene rings is 3. The van der Waals surface area contributed by atoms with Gasteiger partial charge in [-0.25, -0.2) is 4.98 Å². The zero-order valence-electron chi connectivity index (χ0n) is 18.0. The lowest BCUT2D eigenvalue weighted by Gasteiger charge is -2.09. The minimum Gasteiger partial charge on any atom is -0.453 e. The number of nitrogens with zero attached hydrogens (tertiary/aromatic N) is 3. The summed E-state index contributed by atoms with van der Waals surface area (Å²) in [5.41, 5.74) is 1.26. The molecule has 2 aromatic heterocycles.